The molecule has 1 unspecified atom stereocenters. The Balaban J connectivity index is 2.46. The van der Waals surface area contributed by atoms with Crippen molar-refractivity contribution in [3.05, 3.63) is 0 Å². The van der Waals surface area contributed by atoms with Crippen LogP contribution in [0, 0.1) is 11.8 Å². The van der Waals surface area contributed by atoms with Gasteiger partial charge in [0.15, 0.2) is 5.12 Å². The lowest BCUT2D eigenvalue weighted by atomic mass is 9.79. The lowest BCUT2D eigenvalue weighted by Crippen LogP contribution is -2.23. The Bertz CT molecular complexity index is 173. The maximum absolute atomic E-state index is 11.8. The second-order valence-electron chi connectivity index (χ2n) is 4.16. The van der Waals surface area contributed by atoms with Crippen LogP contribution in [0.3, 0.4) is 0 Å². The van der Waals surface area contributed by atoms with Crippen molar-refractivity contribution in [2.75, 3.05) is 5.75 Å². The number of thioether (sulfide) groups is 1. The highest BCUT2D eigenvalue weighted by Crippen LogP contribution is 2.34. The number of hydrogen-bond donors (Lipinski definition) is 0. The molecule has 0 N–H and O–H groups in total. The van der Waals surface area contributed by atoms with Crippen LogP contribution in [0.1, 0.15) is 52.4 Å². The largest absolute Gasteiger partial charge is 0.287 e. The average molecular weight is 214 g/mol. The molecule has 0 amide bonds. The molecule has 0 aromatic heterocycles. The van der Waals surface area contributed by atoms with Gasteiger partial charge in [-0.25, -0.2) is 0 Å². The van der Waals surface area contributed by atoms with Crippen molar-refractivity contribution in [2.24, 2.45) is 11.8 Å². The highest BCUT2D eigenvalue weighted by atomic mass is 32.2. The van der Waals surface area contributed by atoms with Gasteiger partial charge < -0.3 is 0 Å². The molecule has 0 aromatic rings. The van der Waals surface area contributed by atoms with E-state index in [1.807, 2.05) is 0 Å². The lowest BCUT2D eigenvalue weighted by molar-refractivity contribution is -0.116. The molecule has 1 aliphatic carbocycles. The fourth-order valence-corrected chi connectivity index (χ4v) is 3.34. The highest BCUT2D eigenvalue weighted by molar-refractivity contribution is 8.13. The van der Waals surface area contributed by atoms with E-state index in [1.54, 1.807) is 0 Å². The SMILES string of the molecule is CCSC(=O)C(CC)C1CCCCC1. The van der Waals surface area contributed by atoms with Gasteiger partial charge in [0.25, 0.3) is 0 Å². The van der Waals surface area contributed by atoms with Gasteiger partial charge in [-0.2, -0.15) is 0 Å². The standard InChI is InChI=1S/C12H22OS/c1-3-11(12(13)14-4-2)10-8-6-5-7-9-10/h10-11H,3-9H2,1-2H3. The van der Waals surface area contributed by atoms with E-state index in [-0.39, 0.29) is 0 Å². The summed E-state index contributed by atoms with van der Waals surface area (Å²) in [6.45, 7) is 4.23. The zero-order chi connectivity index (χ0) is 10.4. The van der Waals surface area contributed by atoms with Crippen molar-refractivity contribution in [1.29, 1.82) is 0 Å². The Hall–Kier alpha value is 0.0200. The summed E-state index contributed by atoms with van der Waals surface area (Å²) in [5, 5.41) is 0.446. The molecule has 82 valence electrons. The molecule has 0 aromatic carbocycles. The van der Waals surface area contributed by atoms with Crippen LogP contribution in [0.15, 0.2) is 0 Å². The summed E-state index contributed by atoms with van der Waals surface area (Å²) in [6.07, 6.45) is 7.66. The van der Waals surface area contributed by atoms with Crippen LogP contribution in [0.2, 0.25) is 0 Å². The van der Waals surface area contributed by atoms with Crippen molar-refractivity contribution < 1.29 is 4.79 Å². The van der Waals surface area contributed by atoms with Crippen LogP contribution >= 0.6 is 11.8 Å². The van der Waals surface area contributed by atoms with Gasteiger partial charge in [0, 0.05) is 5.92 Å². The monoisotopic (exact) mass is 214 g/mol. The molecule has 0 aliphatic heterocycles. The van der Waals surface area contributed by atoms with Crippen LogP contribution in [0.5, 0.6) is 0 Å². The minimum Gasteiger partial charge on any atom is -0.287 e. The van der Waals surface area contributed by atoms with Crippen LogP contribution in [-0.2, 0) is 4.79 Å². The van der Waals surface area contributed by atoms with Crippen LogP contribution in [0.25, 0.3) is 0 Å². The van der Waals surface area contributed by atoms with Crippen molar-refractivity contribution in [3.8, 4) is 0 Å². The van der Waals surface area contributed by atoms with Gasteiger partial charge in [-0.05, 0) is 30.9 Å². The van der Waals surface area contributed by atoms with Gasteiger partial charge in [0.2, 0.25) is 0 Å². The Morgan fingerprint density at radius 1 is 1.29 bits per heavy atom. The predicted molar refractivity (Wildman–Crippen MR) is 63.5 cm³/mol. The second kappa shape index (κ2) is 6.49. The van der Waals surface area contributed by atoms with E-state index >= 15 is 0 Å². The van der Waals surface area contributed by atoms with E-state index in [4.69, 9.17) is 0 Å². The molecule has 0 saturated heterocycles. The van der Waals surface area contributed by atoms with Crippen LogP contribution in [0.4, 0.5) is 0 Å². The van der Waals surface area contributed by atoms with Gasteiger partial charge in [-0.15, -0.1) is 0 Å². The van der Waals surface area contributed by atoms with Gasteiger partial charge in [-0.1, -0.05) is 44.9 Å². The summed E-state index contributed by atoms with van der Waals surface area (Å²) in [5.41, 5.74) is 0. The Kier molecular flexibility index (Phi) is 5.61. The molecule has 1 fully saturated rings. The highest BCUT2D eigenvalue weighted by Gasteiger charge is 2.27. The minimum atomic E-state index is 0.347. The Morgan fingerprint density at radius 3 is 2.43 bits per heavy atom. The maximum atomic E-state index is 11.8. The second-order valence-corrected chi connectivity index (χ2v) is 5.43. The van der Waals surface area contributed by atoms with Gasteiger partial charge >= 0.3 is 0 Å². The molecule has 1 aliphatic rings. The number of hydrogen-bond acceptors (Lipinski definition) is 2. The molecule has 0 heterocycles. The summed E-state index contributed by atoms with van der Waals surface area (Å²) in [6, 6.07) is 0. The summed E-state index contributed by atoms with van der Waals surface area (Å²) < 4.78 is 0. The number of rotatable bonds is 4. The maximum Gasteiger partial charge on any atom is 0.192 e. The fraction of sp³-hybridized carbons (Fsp3) is 0.917. The first-order chi connectivity index (χ1) is 6.79. The van der Waals surface area contributed by atoms with E-state index in [0.717, 1.165) is 12.2 Å². The zero-order valence-electron chi connectivity index (χ0n) is 9.42. The summed E-state index contributed by atoms with van der Waals surface area (Å²) in [7, 11) is 0. The van der Waals surface area contributed by atoms with Gasteiger partial charge in [-0.3, -0.25) is 4.79 Å². The van der Waals surface area contributed by atoms with Crippen molar-refractivity contribution >= 4 is 16.9 Å². The summed E-state index contributed by atoms with van der Waals surface area (Å²) in [4.78, 5) is 11.8. The topological polar surface area (TPSA) is 17.1 Å². The third-order valence-electron chi connectivity index (χ3n) is 3.25. The molecular formula is C12H22OS. The van der Waals surface area contributed by atoms with E-state index in [1.165, 1.54) is 43.9 Å². The predicted octanol–water partition coefficient (Wildman–Crippen LogP) is 3.87. The van der Waals surface area contributed by atoms with Gasteiger partial charge in [0.1, 0.15) is 0 Å². The molecule has 1 atom stereocenters. The molecule has 0 radical (unpaired) electrons. The average Bonchev–Trinajstić information content (AvgIpc) is 2.21. The van der Waals surface area contributed by atoms with Crippen LogP contribution in [-0.4, -0.2) is 10.9 Å². The number of carbonyl (C=O) groups is 1. The molecule has 14 heavy (non-hydrogen) atoms. The first kappa shape index (κ1) is 12.1. The Labute approximate surface area is 92.0 Å². The molecule has 0 spiro atoms. The lowest BCUT2D eigenvalue weighted by Gasteiger charge is -2.28. The van der Waals surface area contributed by atoms with E-state index in [9.17, 15) is 4.79 Å². The first-order valence-electron chi connectivity index (χ1n) is 5.96. The van der Waals surface area contributed by atoms with Crippen molar-refractivity contribution in [2.45, 2.75) is 52.4 Å². The van der Waals surface area contributed by atoms with E-state index < -0.39 is 0 Å². The van der Waals surface area contributed by atoms with Crippen molar-refractivity contribution in [3.63, 3.8) is 0 Å². The third kappa shape index (κ3) is 3.30. The number of carbonyl (C=O) groups excluding carboxylic acids is 1. The van der Waals surface area contributed by atoms with E-state index in [2.05, 4.69) is 13.8 Å². The third-order valence-corrected chi connectivity index (χ3v) is 4.12. The normalized spacial score (nSPS) is 20.7. The van der Waals surface area contributed by atoms with E-state index in [0.29, 0.717) is 17.0 Å². The molecule has 1 saturated carbocycles. The molecule has 2 heteroatoms. The van der Waals surface area contributed by atoms with Crippen molar-refractivity contribution in [1.82, 2.24) is 0 Å². The zero-order valence-corrected chi connectivity index (χ0v) is 10.2. The fourth-order valence-electron chi connectivity index (χ4n) is 2.48. The van der Waals surface area contributed by atoms with Gasteiger partial charge in [0.05, 0.1) is 0 Å². The molecule has 0 bridgehead atoms. The summed E-state index contributed by atoms with van der Waals surface area (Å²) >= 11 is 1.52. The molecule has 1 rings (SSSR count). The quantitative estimate of drug-likeness (QED) is 0.706. The Morgan fingerprint density at radius 2 is 1.93 bits per heavy atom. The minimum absolute atomic E-state index is 0.347. The van der Waals surface area contributed by atoms with Crippen LogP contribution < -0.4 is 0 Å². The summed E-state index contributed by atoms with van der Waals surface area (Å²) in [5.74, 6) is 1.97. The first-order valence-corrected chi connectivity index (χ1v) is 6.94. The smallest absolute Gasteiger partial charge is 0.192 e. The molecular weight excluding hydrogens is 192 g/mol. The molecule has 1 nitrogen and oxygen atoms in total.